The van der Waals surface area contributed by atoms with Gasteiger partial charge in [0.25, 0.3) is 11.4 Å². The zero-order valence-electron chi connectivity index (χ0n) is 59.4. The number of fused-ring (bicyclic) bond motifs is 6. The van der Waals surface area contributed by atoms with Crippen molar-refractivity contribution in [2.75, 3.05) is 85.8 Å². The van der Waals surface area contributed by atoms with E-state index < -0.39 is 71.9 Å². The maximum absolute atomic E-state index is 14.0. The molecule has 0 bridgehead atoms. The van der Waals surface area contributed by atoms with Crippen molar-refractivity contribution in [3.05, 3.63) is 252 Å². The second-order valence-electron chi connectivity index (χ2n) is 23.0. The number of benzene rings is 6. The number of nitrogen functional groups attached to an aromatic ring is 1. The molecule has 0 radical (unpaired) electrons. The second kappa shape index (κ2) is 44.6. The molecule has 4 heterocycles. The Bertz CT molecular complexity index is 4580. The number of aromatic nitrogens is 3. The molecule has 9 aromatic rings. The number of hydrogen-bond acceptors (Lipinski definition) is 21. The number of nitro groups is 3. The molecular weight excluding hydrogens is 1560 g/mol. The molecule has 6 aromatic carbocycles. The molecule has 1 aliphatic heterocycles. The van der Waals surface area contributed by atoms with Crippen molar-refractivity contribution in [2.24, 2.45) is 5.73 Å². The van der Waals surface area contributed by atoms with E-state index in [0.29, 0.717) is 77.9 Å². The molecule has 0 unspecified atom stereocenters. The molecule has 9 N–H and O–H groups in total. The number of nitrogens with zero attached hydrogens (tertiary/aromatic N) is 10. The molecule has 0 amide bonds. The molecule has 109 heavy (non-hydrogen) atoms. The lowest BCUT2D eigenvalue weighted by atomic mass is 9.84. The van der Waals surface area contributed by atoms with Gasteiger partial charge in [-0.15, -0.1) is 0 Å². The predicted octanol–water partition coefficient (Wildman–Crippen LogP) is 16.6. The maximum Gasteiger partial charge on any atom is 0.409 e. The van der Waals surface area contributed by atoms with Gasteiger partial charge in [0.2, 0.25) is 5.82 Å². The summed E-state index contributed by atoms with van der Waals surface area (Å²) in [6.07, 6.45) is 8.25. The first-order valence-corrected chi connectivity index (χ1v) is 34.1. The fourth-order valence-electron chi connectivity index (χ4n) is 9.76. The number of pyridine rings is 3. The quantitative estimate of drug-likeness (QED) is 0.0149. The van der Waals surface area contributed by atoms with Crippen LogP contribution in [-0.2, 0) is 17.6 Å². The average molecular weight is 1640 g/mol. The number of hydrogen-bond donors (Lipinski definition) is 7. The molecule has 0 saturated carbocycles. The number of rotatable bonds is 12. The Morgan fingerprint density at radius 2 is 0.890 bits per heavy atom. The van der Waals surface area contributed by atoms with Gasteiger partial charge in [-0.25, -0.2) is 31.3 Å². The van der Waals surface area contributed by atoms with Crippen LogP contribution in [0.25, 0.3) is 22.3 Å². The van der Waals surface area contributed by atoms with Crippen LogP contribution in [0.3, 0.4) is 0 Å². The molecule has 1 fully saturated rings. The maximum atomic E-state index is 14.0. The summed E-state index contributed by atoms with van der Waals surface area (Å²) < 4.78 is 95.6. The van der Waals surface area contributed by atoms with Gasteiger partial charge in [-0.2, -0.15) is 4.39 Å². The highest BCUT2D eigenvalue weighted by Gasteiger charge is 2.31. The number of ether oxygens (including phenoxy) is 1. The summed E-state index contributed by atoms with van der Waals surface area (Å²) in [6, 6.07) is 21.6. The van der Waals surface area contributed by atoms with E-state index in [1.807, 2.05) is 0 Å². The Hall–Kier alpha value is -8.96. The first-order valence-electron chi connectivity index (χ1n) is 31.9. The normalized spacial score (nSPS) is 11.0. The Morgan fingerprint density at radius 1 is 0.486 bits per heavy atom. The highest BCUT2D eigenvalue weighted by atomic mass is 35.5. The molecule has 3 aromatic heterocycles. The summed E-state index contributed by atoms with van der Waals surface area (Å²) >= 11 is 34.8. The lowest BCUT2D eigenvalue weighted by Crippen LogP contribution is -2.33. The number of nitro benzene ring substituents is 3. The highest BCUT2D eigenvalue weighted by Crippen LogP contribution is 2.47. The molecule has 0 spiro atoms. The molecule has 2 aliphatic carbocycles. The van der Waals surface area contributed by atoms with E-state index in [4.69, 9.17) is 80.1 Å². The van der Waals surface area contributed by atoms with E-state index >= 15 is 0 Å². The lowest BCUT2D eigenvalue weighted by Gasteiger charge is -2.23. The van der Waals surface area contributed by atoms with Gasteiger partial charge < -0.3 is 60.9 Å². The van der Waals surface area contributed by atoms with Crippen LogP contribution in [0.2, 0.25) is 57.6 Å². The summed E-state index contributed by atoms with van der Waals surface area (Å²) in [4.78, 5) is 47.1. The van der Waals surface area contributed by atoms with Crippen molar-refractivity contribution in [2.45, 2.75) is 60.4 Å². The topological polar surface area (TPSA) is 335 Å². The minimum absolute atomic E-state index is 0. The molecule has 582 valence electrons. The van der Waals surface area contributed by atoms with E-state index in [-0.39, 0.29) is 52.8 Å². The second-order valence-corrected chi connectivity index (χ2v) is 25.4. The van der Waals surface area contributed by atoms with Crippen LogP contribution in [0, 0.1) is 71.1 Å². The Kier molecular flexibility index (Phi) is 38.6. The standard InChI is InChI=1S/C14H12BCl2FN2O.C14H13BClFN2O.C8H10BFN2O3.C8H12BFN2O.C7H7FN2O2.C6H3F2NO2.C5H2Cl3N.C4H8O.CH5N.CH4/c1-15(21)20(2)12-4-7(18)3-9-8(12)5-11-13(9)14(17)10(16)6-19-11;1-15(20)19(2)14-5-9(17)4-10-11-3-8(16)7-18-13(11)6-12(10)14;1-9(13)11(2)8-5-6(10)3-4-7(8)12(14)15;1-9(13)12(2)8-5-6(10)3-4-7(8)11;1-9-6-4-5(8)2-3-7(6)10(11)12;7-4-1-2-6(9(10)11)5(8)3-4;6-3-1-4(7)5(8)9-2-3;1-2-4-5-3-1;1-2;/h3-4,6,21H,5H2,1-2H3;3-5,7,20H,6H2,1-2H3;3-5,13H,1-2H3;3-5,13H,11H2,1-2H3;2-4,9H,1H3;1-3H;1-2H;1-4H2;2H2,1H3;1H4. The molecule has 1 saturated heterocycles. The largest absolute Gasteiger partial charge is 0.432 e. The fourth-order valence-corrected chi connectivity index (χ4v) is 10.8. The lowest BCUT2D eigenvalue weighted by molar-refractivity contribution is -0.387. The molecule has 41 heteroatoms. The van der Waals surface area contributed by atoms with E-state index in [1.54, 1.807) is 69.6 Å². The molecule has 3 aliphatic rings. The highest BCUT2D eigenvalue weighted by molar-refractivity contribution is 6.55. The van der Waals surface area contributed by atoms with Gasteiger partial charge in [-0.3, -0.25) is 40.3 Å². The van der Waals surface area contributed by atoms with E-state index in [2.05, 4.69) is 26.0 Å². The van der Waals surface area contributed by atoms with Crippen LogP contribution in [0.1, 0.15) is 42.8 Å². The van der Waals surface area contributed by atoms with Crippen LogP contribution in [0.5, 0.6) is 0 Å². The van der Waals surface area contributed by atoms with Crippen LogP contribution < -0.4 is 36.0 Å². The summed E-state index contributed by atoms with van der Waals surface area (Å²) in [5, 5.41) is 73.9. The van der Waals surface area contributed by atoms with Crippen molar-refractivity contribution in [3.8, 4) is 22.3 Å². The van der Waals surface area contributed by atoms with E-state index in [9.17, 15) is 81.2 Å². The van der Waals surface area contributed by atoms with Crippen LogP contribution in [-0.4, -0.2) is 134 Å². The van der Waals surface area contributed by atoms with Crippen LogP contribution in [0.4, 0.5) is 81.9 Å². The van der Waals surface area contributed by atoms with E-state index in [0.717, 1.165) is 95.4 Å². The monoisotopic (exact) mass is 1640 g/mol. The SMILES string of the molecule is C.C1CCOC1.CB(O)N(C)c1cc(F)cc2c1Cc1ncc(Cl)c(Cl)c1-2.CB(O)N(C)c1cc(F)cc2c1Cc1ncc(Cl)cc1-2.CB(O)N(C)c1cc(F)ccc1N.CB(O)N(C)c1cc(F)ccc1[N+](=O)[O-].CN.CNc1cc(F)ccc1[N+](=O)[O-].Clc1cnc(Cl)c(Cl)c1.O=[N+]([O-])c1ccc(F)cc1F. The molecule has 24 nitrogen and oxygen atoms in total. The number of anilines is 6. The number of halogens is 13. The van der Waals surface area contributed by atoms with Gasteiger partial charge in [-0.05, 0) is 170 Å². The summed E-state index contributed by atoms with van der Waals surface area (Å²) in [6.45, 7) is 8.30. The molecular formula is C68H76B4Cl6F7N13O11. The smallest absolute Gasteiger partial charge is 0.409 e. The third-order valence-corrected chi connectivity index (χ3v) is 17.5. The van der Waals surface area contributed by atoms with Gasteiger partial charge in [0.15, 0.2) is 0 Å². The average Bonchev–Trinajstić information content (AvgIpc) is 1.61. The third kappa shape index (κ3) is 27.2. The summed E-state index contributed by atoms with van der Waals surface area (Å²) in [5.41, 5.74) is 18.1. The first-order chi connectivity index (χ1) is 50.8. The fraction of sp³-hybridized carbons (Fsp3) is 0.250. The Morgan fingerprint density at radius 3 is 1.36 bits per heavy atom. The van der Waals surface area contributed by atoms with Gasteiger partial charge in [0, 0.05) is 111 Å². The van der Waals surface area contributed by atoms with Crippen molar-refractivity contribution >= 4 is 149 Å². The Balaban J connectivity index is 0.000000329. The van der Waals surface area contributed by atoms with Gasteiger partial charge >= 0.3 is 33.9 Å². The molecule has 12 rings (SSSR count). The minimum atomic E-state index is -1.16. The molecule has 0 atom stereocenters. The number of nitrogens with one attached hydrogen (secondary N) is 1. The van der Waals surface area contributed by atoms with E-state index in [1.165, 1.54) is 105 Å². The van der Waals surface area contributed by atoms with Crippen molar-refractivity contribution in [1.29, 1.82) is 0 Å². The van der Waals surface area contributed by atoms with Gasteiger partial charge in [-0.1, -0.05) is 77.0 Å². The zero-order chi connectivity index (χ0) is 81.3. The minimum Gasteiger partial charge on any atom is -0.432 e. The van der Waals surface area contributed by atoms with Crippen molar-refractivity contribution < 1.29 is 70.3 Å². The van der Waals surface area contributed by atoms with Crippen LogP contribution >= 0.6 is 69.6 Å². The van der Waals surface area contributed by atoms with Crippen molar-refractivity contribution in [3.63, 3.8) is 0 Å². The number of nitrogens with two attached hydrogens (primary N) is 2. The Labute approximate surface area is 656 Å². The van der Waals surface area contributed by atoms with Crippen LogP contribution in [0.15, 0.2) is 128 Å². The first kappa shape index (κ1) is 94.2. The summed E-state index contributed by atoms with van der Waals surface area (Å²) in [5.74, 6) is -4.15. The van der Waals surface area contributed by atoms with Gasteiger partial charge in [0.05, 0.1) is 62.6 Å². The van der Waals surface area contributed by atoms with Gasteiger partial charge in [0.1, 0.15) is 51.4 Å². The van der Waals surface area contributed by atoms with Crippen molar-refractivity contribution in [1.82, 2.24) is 15.0 Å². The predicted molar refractivity (Wildman–Crippen MR) is 425 cm³/mol. The summed E-state index contributed by atoms with van der Waals surface area (Å²) in [7, 11) is 6.51. The zero-order valence-corrected chi connectivity index (χ0v) is 63.9. The third-order valence-electron chi connectivity index (χ3n) is 15.6.